The Morgan fingerprint density at radius 1 is 1.00 bits per heavy atom. The van der Waals surface area contributed by atoms with Gasteiger partial charge in [0.25, 0.3) is 0 Å². The first-order chi connectivity index (χ1) is 17.2. The summed E-state index contributed by atoms with van der Waals surface area (Å²) in [5.41, 5.74) is 3.49. The summed E-state index contributed by atoms with van der Waals surface area (Å²) in [6.45, 7) is 5.70. The van der Waals surface area contributed by atoms with Crippen LogP contribution >= 0.6 is 0 Å². The van der Waals surface area contributed by atoms with Gasteiger partial charge in [-0.25, -0.2) is 4.79 Å². The monoisotopic (exact) mass is 486 g/mol. The second-order valence-electron chi connectivity index (χ2n) is 9.76. The van der Waals surface area contributed by atoms with Gasteiger partial charge in [-0.15, -0.1) is 0 Å². The van der Waals surface area contributed by atoms with Gasteiger partial charge >= 0.3 is 11.9 Å². The first kappa shape index (κ1) is 25.1. The van der Waals surface area contributed by atoms with Gasteiger partial charge in [0, 0.05) is 24.6 Å². The van der Waals surface area contributed by atoms with E-state index in [9.17, 15) is 14.4 Å². The van der Waals surface area contributed by atoms with Gasteiger partial charge < -0.3 is 14.4 Å². The summed E-state index contributed by atoms with van der Waals surface area (Å²) in [6.07, 6.45) is 4.03. The van der Waals surface area contributed by atoms with Crippen LogP contribution in [0.25, 0.3) is 11.1 Å². The Hall–Kier alpha value is -4.00. The van der Waals surface area contributed by atoms with Crippen LogP contribution in [0.1, 0.15) is 42.3 Å². The number of rotatable bonds is 6. The van der Waals surface area contributed by atoms with Crippen molar-refractivity contribution in [2.24, 2.45) is 5.92 Å². The molecule has 1 aliphatic rings. The van der Waals surface area contributed by atoms with Crippen LogP contribution in [0, 0.1) is 5.92 Å². The van der Waals surface area contributed by atoms with E-state index >= 15 is 0 Å². The van der Waals surface area contributed by atoms with Gasteiger partial charge in [-0.2, -0.15) is 0 Å². The normalized spacial score (nSPS) is 13.6. The molecule has 0 fully saturated rings. The molecule has 0 radical (unpaired) electrons. The Kier molecular flexibility index (Phi) is 7.20. The molecule has 3 aromatic rings. The Bertz CT molecular complexity index is 1270. The zero-order chi connectivity index (χ0) is 25.9. The maximum atomic E-state index is 13.9. The summed E-state index contributed by atoms with van der Waals surface area (Å²) in [5, 5.41) is 0. The standard InChI is InChI=1S/C29H30N2O5/c1-29(2,3)36-28(34)24(16-19-8-6-5-7-9-19)26(32)31-15-12-22-23(27(33)35-4)17-21(18-25(22)31)20-10-13-30-14-11-20/h5-11,13-14,17-18,24H,12,15-16H2,1-4H3/t24-/m0/s1. The molecule has 186 valence electrons. The smallest absolute Gasteiger partial charge is 0.338 e. The molecule has 1 atom stereocenters. The number of carbonyl (C=O) groups is 3. The Balaban J connectivity index is 1.76. The number of aromatic nitrogens is 1. The summed E-state index contributed by atoms with van der Waals surface area (Å²) in [6, 6.07) is 16.8. The van der Waals surface area contributed by atoms with Crippen LogP contribution < -0.4 is 4.90 Å². The molecule has 7 heteroatoms. The lowest BCUT2D eigenvalue weighted by atomic mass is 9.96. The second-order valence-corrected chi connectivity index (χ2v) is 9.76. The number of ether oxygens (including phenoxy) is 2. The highest BCUT2D eigenvalue weighted by atomic mass is 16.6. The number of anilines is 1. The molecule has 2 aromatic carbocycles. The number of nitrogens with zero attached hydrogens (tertiary/aromatic N) is 2. The lowest BCUT2D eigenvalue weighted by molar-refractivity contribution is -0.162. The van der Waals surface area contributed by atoms with Crippen LogP contribution in [0.5, 0.6) is 0 Å². The van der Waals surface area contributed by atoms with E-state index in [0.29, 0.717) is 24.2 Å². The Morgan fingerprint density at radius 2 is 1.69 bits per heavy atom. The van der Waals surface area contributed by atoms with Gasteiger partial charge in [-0.3, -0.25) is 14.6 Å². The zero-order valence-electron chi connectivity index (χ0n) is 21.0. The molecule has 1 aliphatic heterocycles. The van der Waals surface area contributed by atoms with E-state index in [4.69, 9.17) is 9.47 Å². The molecule has 0 aliphatic carbocycles. The van der Waals surface area contributed by atoms with Crippen LogP contribution in [0.15, 0.2) is 67.0 Å². The second kappa shape index (κ2) is 10.3. The first-order valence-corrected chi connectivity index (χ1v) is 11.9. The van der Waals surface area contributed by atoms with E-state index in [1.165, 1.54) is 7.11 Å². The number of methoxy groups -OCH3 is 1. The number of amides is 1. The number of carbonyl (C=O) groups excluding carboxylic acids is 3. The highest BCUT2D eigenvalue weighted by Crippen LogP contribution is 2.37. The number of pyridine rings is 1. The van der Waals surface area contributed by atoms with Crippen molar-refractivity contribution in [2.75, 3.05) is 18.6 Å². The van der Waals surface area contributed by atoms with Gasteiger partial charge in [0.1, 0.15) is 11.5 Å². The number of hydrogen-bond donors (Lipinski definition) is 0. The SMILES string of the molecule is COC(=O)c1cc(-c2ccncc2)cc2c1CCN2C(=O)[C@H](Cc1ccccc1)C(=O)OC(C)(C)C. The molecule has 4 rings (SSSR count). The molecule has 0 spiro atoms. The minimum atomic E-state index is -1.02. The lowest BCUT2D eigenvalue weighted by Gasteiger charge is -2.27. The van der Waals surface area contributed by atoms with E-state index in [1.54, 1.807) is 44.1 Å². The molecule has 1 amide bonds. The van der Waals surface area contributed by atoms with Gasteiger partial charge in [0.15, 0.2) is 0 Å². The van der Waals surface area contributed by atoms with Crippen molar-refractivity contribution in [1.82, 2.24) is 4.98 Å². The molecule has 0 saturated carbocycles. The maximum Gasteiger partial charge on any atom is 0.338 e. The molecule has 0 unspecified atom stereocenters. The van der Waals surface area contributed by atoms with E-state index in [-0.39, 0.29) is 12.3 Å². The average Bonchev–Trinajstić information content (AvgIpc) is 3.30. The summed E-state index contributed by atoms with van der Waals surface area (Å²) < 4.78 is 10.7. The van der Waals surface area contributed by atoms with Gasteiger partial charge in [-0.05, 0) is 80.1 Å². The molecule has 0 bridgehead atoms. The summed E-state index contributed by atoms with van der Waals surface area (Å²) in [4.78, 5) is 45.5. The molecule has 2 heterocycles. The molecular weight excluding hydrogens is 456 g/mol. The van der Waals surface area contributed by atoms with Crippen molar-refractivity contribution >= 4 is 23.5 Å². The van der Waals surface area contributed by atoms with Gasteiger partial charge in [-0.1, -0.05) is 30.3 Å². The quantitative estimate of drug-likeness (QED) is 0.373. The molecular formula is C29H30N2O5. The minimum absolute atomic E-state index is 0.217. The van der Waals surface area contributed by atoms with E-state index in [0.717, 1.165) is 22.3 Å². The summed E-state index contributed by atoms with van der Waals surface area (Å²) >= 11 is 0. The number of hydrogen-bond acceptors (Lipinski definition) is 6. The van der Waals surface area contributed by atoms with E-state index in [1.807, 2.05) is 48.5 Å². The van der Waals surface area contributed by atoms with Crippen LogP contribution in [0.2, 0.25) is 0 Å². The predicted octanol–water partition coefficient (Wildman–Crippen LogP) is 4.62. The van der Waals surface area contributed by atoms with Crippen LogP contribution in [-0.2, 0) is 31.9 Å². The topological polar surface area (TPSA) is 85.8 Å². The van der Waals surface area contributed by atoms with E-state index in [2.05, 4.69) is 4.98 Å². The molecule has 36 heavy (non-hydrogen) atoms. The average molecular weight is 487 g/mol. The summed E-state index contributed by atoms with van der Waals surface area (Å²) in [7, 11) is 1.34. The highest BCUT2D eigenvalue weighted by Gasteiger charge is 2.38. The predicted molar refractivity (Wildman–Crippen MR) is 137 cm³/mol. The zero-order valence-corrected chi connectivity index (χ0v) is 21.0. The van der Waals surface area contributed by atoms with Crippen molar-refractivity contribution in [3.05, 3.63) is 83.7 Å². The van der Waals surface area contributed by atoms with Crippen molar-refractivity contribution < 1.29 is 23.9 Å². The molecule has 0 N–H and O–H groups in total. The third-order valence-corrected chi connectivity index (χ3v) is 6.06. The largest absolute Gasteiger partial charge is 0.465 e. The van der Waals surface area contributed by atoms with Gasteiger partial charge in [0.2, 0.25) is 5.91 Å². The molecule has 1 aromatic heterocycles. The molecule has 7 nitrogen and oxygen atoms in total. The minimum Gasteiger partial charge on any atom is -0.465 e. The van der Waals surface area contributed by atoms with Crippen molar-refractivity contribution in [2.45, 2.75) is 39.2 Å². The van der Waals surface area contributed by atoms with Crippen molar-refractivity contribution in [1.29, 1.82) is 0 Å². The maximum absolute atomic E-state index is 13.9. The Morgan fingerprint density at radius 3 is 2.33 bits per heavy atom. The first-order valence-electron chi connectivity index (χ1n) is 11.9. The van der Waals surface area contributed by atoms with Crippen LogP contribution in [0.4, 0.5) is 5.69 Å². The van der Waals surface area contributed by atoms with Crippen LogP contribution in [0.3, 0.4) is 0 Å². The van der Waals surface area contributed by atoms with E-state index < -0.39 is 23.5 Å². The van der Waals surface area contributed by atoms with Crippen molar-refractivity contribution in [3.63, 3.8) is 0 Å². The third kappa shape index (κ3) is 5.46. The highest BCUT2D eigenvalue weighted by molar-refractivity contribution is 6.09. The fourth-order valence-corrected chi connectivity index (χ4v) is 4.42. The number of esters is 2. The van der Waals surface area contributed by atoms with Crippen LogP contribution in [-0.4, -0.2) is 42.1 Å². The fourth-order valence-electron chi connectivity index (χ4n) is 4.42. The van der Waals surface area contributed by atoms with Crippen molar-refractivity contribution in [3.8, 4) is 11.1 Å². The molecule has 0 saturated heterocycles. The van der Waals surface area contributed by atoms with Gasteiger partial charge in [0.05, 0.1) is 12.7 Å². The Labute approximate surface area is 211 Å². The fraction of sp³-hybridized carbons (Fsp3) is 0.310. The third-order valence-electron chi connectivity index (χ3n) is 6.06. The summed E-state index contributed by atoms with van der Waals surface area (Å²) in [5.74, 6) is -2.41. The lowest BCUT2D eigenvalue weighted by Crippen LogP contribution is -2.42. The number of fused-ring (bicyclic) bond motifs is 1. The number of benzene rings is 2.